The predicted molar refractivity (Wildman–Crippen MR) is 97.0 cm³/mol. The molecule has 0 aliphatic rings. The van der Waals surface area contributed by atoms with Crippen LogP contribution < -0.4 is 34.3 Å². The molecule has 0 saturated carbocycles. The Bertz CT molecular complexity index is 486. The van der Waals surface area contributed by atoms with Crippen LogP contribution >= 0.6 is 0 Å². The molecular formula is C18H33NaO4S. The van der Waals surface area contributed by atoms with Crippen molar-refractivity contribution in [3.05, 3.63) is 29.8 Å². The Balaban J connectivity index is -0.00000147. The second-order valence-electron chi connectivity index (χ2n) is 5.27. The first-order chi connectivity index (χ1) is 10.0. The summed E-state index contributed by atoms with van der Waals surface area (Å²) in [6.07, 6.45) is 8.74. The van der Waals surface area contributed by atoms with E-state index in [1.54, 1.807) is 0 Å². The average molecular weight is 369 g/mol. The van der Waals surface area contributed by atoms with Gasteiger partial charge in [-0.3, -0.25) is 0 Å². The van der Waals surface area contributed by atoms with E-state index in [2.05, 4.69) is 6.92 Å². The van der Waals surface area contributed by atoms with Gasteiger partial charge in [-0.2, -0.15) is 0 Å². The molecule has 1 aromatic carbocycles. The minimum absolute atomic E-state index is 0. The first kappa shape index (κ1) is 28.7. The van der Waals surface area contributed by atoms with Gasteiger partial charge in [0.15, 0.2) is 0 Å². The van der Waals surface area contributed by atoms with Crippen molar-refractivity contribution in [3.63, 3.8) is 0 Å². The summed E-state index contributed by atoms with van der Waals surface area (Å²) in [5.41, 5.74) is 1.26. The van der Waals surface area contributed by atoms with Crippen LogP contribution in [0.4, 0.5) is 0 Å². The van der Waals surface area contributed by atoms with Crippen molar-refractivity contribution in [1.82, 2.24) is 0 Å². The van der Waals surface area contributed by atoms with Crippen molar-refractivity contribution in [2.24, 2.45) is 0 Å². The van der Waals surface area contributed by atoms with Gasteiger partial charge in [0.05, 0.1) is 15.9 Å². The van der Waals surface area contributed by atoms with Gasteiger partial charge in [0.2, 0.25) is 0 Å². The average Bonchev–Trinajstić information content (AvgIpc) is 2.43. The molecule has 0 radical (unpaired) electrons. The Morgan fingerprint density at radius 2 is 1.50 bits per heavy atom. The Hall–Kier alpha value is -0.0700. The second-order valence-corrected chi connectivity index (χ2v) is 6.80. The van der Waals surface area contributed by atoms with Gasteiger partial charge in [-0.25, -0.2) is 8.42 Å². The van der Waals surface area contributed by atoms with Crippen LogP contribution in [0.3, 0.4) is 0 Å². The Morgan fingerprint density at radius 1 is 0.958 bits per heavy atom. The van der Waals surface area contributed by atoms with Crippen molar-refractivity contribution in [3.8, 4) is 5.75 Å². The number of rotatable bonds is 11. The van der Waals surface area contributed by atoms with Crippen molar-refractivity contribution >= 4 is 10.1 Å². The zero-order chi connectivity index (χ0) is 15.6. The molecule has 0 fully saturated rings. The van der Waals surface area contributed by atoms with E-state index in [4.69, 9.17) is 4.74 Å². The van der Waals surface area contributed by atoms with Gasteiger partial charge in [0, 0.05) is 0 Å². The van der Waals surface area contributed by atoms with Crippen molar-refractivity contribution in [2.45, 2.75) is 66.7 Å². The molecule has 0 amide bonds. The van der Waals surface area contributed by atoms with Crippen LogP contribution in [0.1, 0.15) is 65.9 Å². The quantitative estimate of drug-likeness (QED) is 0.339. The largest absolute Gasteiger partial charge is 1.00 e. The summed E-state index contributed by atoms with van der Waals surface area (Å²) in [5.74, 6) is 0.109. The fourth-order valence-electron chi connectivity index (χ4n) is 2.12. The van der Waals surface area contributed by atoms with Crippen molar-refractivity contribution < 1.29 is 47.3 Å². The van der Waals surface area contributed by atoms with Gasteiger partial charge in [0.25, 0.3) is 0 Å². The molecule has 0 saturated heterocycles. The fourth-order valence-corrected chi connectivity index (χ4v) is 2.41. The monoisotopic (exact) mass is 368 g/mol. The molecule has 0 heterocycles. The molecule has 6 heteroatoms. The van der Waals surface area contributed by atoms with E-state index in [1.807, 2.05) is 24.3 Å². The standard InChI is InChI=1S/C16H26O4S.2CH4.Na/c1-2-3-4-5-6-7-8-15-9-11-16(12-10-15)20-13-14-21(17,18)19;;;/h9-12H,2-8,13-14H2,1H3,(H,17,18,19);2*1H4;/q;;;+1/p-1. The SMILES string of the molecule is C.C.CCCCCCCCc1ccc(OCCS(=O)(=O)[O-])cc1.[Na+]. The normalized spacial score (nSPS) is 10.1. The Kier molecular flexibility index (Phi) is 19.6. The minimum atomic E-state index is -4.20. The van der Waals surface area contributed by atoms with E-state index < -0.39 is 15.9 Å². The summed E-state index contributed by atoms with van der Waals surface area (Å²) in [4.78, 5) is 0. The number of unbranched alkanes of at least 4 members (excludes halogenated alkanes) is 5. The van der Waals surface area contributed by atoms with Gasteiger partial charge >= 0.3 is 29.6 Å². The Labute approximate surface area is 171 Å². The molecular weight excluding hydrogens is 335 g/mol. The summed E-state index contributed by atoms with van der Waals surface area (Å²) in [7, 11) is -4.20. The van der Waals surface area contributed by atoms with Crippen LogP contribution in [0.2, 0.25) is 0 Å². The maximum absolute atomic E-state index is 10.5. The first-order valence-electron chi connectivity index (χ1n) is 7.66. The van der Waals surface area contributed by atoms with Gasteiger partial charge in [-0.05, 0) is 30.5 Å². The van der Waals surface area contributed by atoms with Gasteiger partial charge in [-0.1, -0.05) is 66.0 Å². The third-order valence-corrected chi connectivity index (χ3v) is 4.01. The molecule has 0 unspecified atom stereocenters. The number of aryl methyl sites for hydroxylation is 1. The zero-order valence-electron chi connectivity index (χ0n) is 13.7. The van der Waals surface area contributed by atoms with Gasteiger partial charge in [0.1, 0.15) is 12.4 Å². The van der Waals surface area contributed by atoms with Crippen LogP contribution in [0, 0.1) is 0 Å². The number of benzene rings is 1. The van der Waals surface area contributed by atoms with Gasteiger partial charge in [-0.15, -0.1) is 0 Å². The van der Waals surface area contributed by atoms with Crippen molar-refractivity contribution in [1.29, 1.82) is 0 Å². The topological polar surface area (TPSA) is 66.4 Å². The number of hydrogen-bond acceptors (Lipinski definition) is 4. The van der Waals surface area contributed by atoms with E-state index in [1.165, 1.54) is 44.1 Å². The molecule has 24 heavy (non-hydrogen) atoms. The third-order valence-electron chi connectivity index (χ3n) is 3.34. The summed E-state index contributed by atoms with van der Waals surface area (Å²) in [5, 5.41) is 0. The van der Waals surface area contributed by atoms with Crippen LogP contribution in [0.15, 0.2) is 24.3 Å². The summed E-state index contributed by atoms with van der Waals surface area (Å²) < 4.78 is 36.6. The molecule has 0 spiro atoms. The molecule has 0 bridgehead atoms. The fraction of sp³-hybridized carbons (Fsp3) is 0.667. The summed E-state index contributed by atoms with van der Waals surface area (Å²) in [6.45, 7) is 2.12. The first-order valence-corrected chi connectivity index (χ1v) is 9.24. The molecule has 0 aliphatic carbocycles. The van der Waals surface area contributed by atoms with Crippen molar-refractivity contribution in [2.75, 3.05) is 12.4 Å². The smallest absolute Gasteiger partial charge is 0.748 e. The molecule has 0 aromatic heterocycles. The van der Waals surface area contributed by atoms with Crippen LogP contribution in [0.5, 0.6) is 5.75 Å². The van der Waals surface area contributed by atoms with E-state index in [-0.39, 0.29) is 51.0 Å². The van der Waals surface area contributed by atoms with E-state index >= 15 is 0 Å². The molecule has 136 valence electrons. The van der Waals surface area contributed by atoms with Crippen LogP contribution in [0.25, 0.3) is 0 Å². The number of ether oxygens (including phenoxy) is 1. The van der Waals surface area contributed by atoms with Gasteiger partial charge < -0.3 is 9.29 Å². The third kappa shape index (κ3) is 15.5. The minimum Gasteiger partial charge on any atom is -0.748 e. The second kappa shape index (κ2) is 16.4. The molecule has 0 aliphatic heterocycles. The van der Waals surface area contributed by atoms with E-state index in [9.17, 15) is 13.0 Å². The van der Waals surface area contributed by atoms with E-state index in [0.717, 1.165) is 6.42 Å². The molecule has 1 rings (SSSR count). The Morgan fingerprint density at radius 3 is 2.04 bits per heavy atom. The summed E-state index contributed by atoms with van der Waals surface area (Å²) >= 11 is 0. The maximum atomic E-state index is 10.5. The maximum Gasteiger partial charge on any atom is 1.00 e. The van der Waals surface area contributed by atoms with E-state index in [0.29, 0.717) is 5.75 Å². The molecule has 1 aromatic rings. The molecule has 4 nitrogen and oxygen atoms in total. The summed E-state index contributed by atoms with van der Waals surface area (Å²) in [6, 6.07) is 7.63. The molecule has 0 atom stereocenters. The zero-order valence-corrected chi connectivity index (χ0v) is 16.5. The molecule has 0 N–H and O–H groups in total. The number of hydrogen-bond donors (Lipinski definition) is 0. The van der Waals surface area contributed by atoms with Crippen LogP contribution in [-0.2, 0) is 16.5 Å². The van der Waals surface area contributed by atoms with Crippen LogP contribution in [-0.4, -0.2) is 25.3 Å². The predicted octanol–water partition coefficient (Wildman–Crippen LogP) is 1.79.